The van der Waals surface area contributed by atoms with E-state index in [2.05, 4.69) is 0 Å². The third-order valence-corrected chi connectivity index (χ3v) is 9.30. The lowest BCUT2D eigenvalue weighted by Gasteiger charge is -2.52. The van der Waals surface area contributed by atoms with Gasteiger partial charge in [-0.1, -0.05) is 12.1 Å². The number of carbonyl (C=O) groups excluding carboxylic acids is 6. The van der Waals surface area contributed by atoms with Crippen molar-refractivity contribution in [3.05, 3.63) is 34.9 Å². The molecule has 4 aliphatic rings. The normalized spacial score (nSPS) is 31.1. The number of ketones is 4. The number of primary amides is 1. The van der Waals surface area contributed by atoms with Gasteiger partial charge >= 0.3 is 0 Å². The number of nitrogens with two attached hydrogens (primary N) is 1. The summed E-state index contributed by atoms with van der Waals surface area (Å²) in [5.74, 6) is -10.7. The molecule has 1 aliphatic heterocycles. The van der Waals surface area contributed by atoms with Gasteiger partial charge in [-0.15, -0.1) is 0 Å². The largest absolute Gasteiger partial charge is 0.507 e. The Morgan fingerprint density at radius 1 is 1.10 bits per heavy atom. The van der Waals surface area contributed by atoms with Crippen molar-refractivity contribution in [2.75, 3.05) is 47.8 Å². The molecule has 2 unspecified atom stereocenters. The zero-order valence-electron chi connectivity index (χ0n) is 24.1. The van der Waals surface area contributed by atoms with E-state index in [1.807, 2.05) is 20.2 Å². The Labute approximate surface area is 243 Å². The Morgan fingerprint density at radius 3 is 2.36 bits per heavy atom. The van der Waals surface area contributed by atoms with Gasteiger partial charge in [0, 0.05) is 19.0 Å². The third kappa shape index (κ3) is 4.40. The van der Waals surface area contributed by atoms with Gasteiger partial charge in [0.15, 0.2) is 34.7 Å². The first-order valence-electron chi connectivity index (χ1n) is 14.0. The van der Waals surface area contributed by atoms with Crippen molar-refractivity contribution in [2.45, 2.75) is 30.9 Å². The van der Waals surface area contributed by atoms with Crippen molar-refractivity contribution < 1.29 is 39.0 Å². The molecule has 0 saturated heterocycles. The smallest absolute Gasteiger partial charge is 0.237 e. The van der Waals surface area contributed by atoms with E-state index in [9.17, 15) is 39.0 Å². The molecule has 12 heteroatoms. The minimum absolute atomic E-state index is 0.000133. The highest BCUT2D eigenvalue weighted by molar-refractivity contribution is 6.32. The standard InChI is InChI=1S/C30H36N4O8/c1-32(2)13-20(36)34-9-7-14(8-10-34)16-5-6-19(35)22-17(16)11-15-12-18-24(33(3)4)26(38)23(29(31)41)28(40)30(18,42)27(39)21(15)25(22)37/h5-7,15,18,21,23-24,35,42H,8-13H2,1-4H3,(H2,31,41)/t15-,18-,21?,23?,24+,30-/m0/s1. The van der Waals surface area contributed by atoms with Gasteiger partial charge in [-0.2, -0.15) is 0 Å². The molecule has 12 nitrogen and oxygen atoms in total. The van der Waals surface area contributed by atoms with Gasteiger partial charge in [-0.05, 0) is 76.1 Å². The average Bonchev–Trinajstić information content (AvgIpc) is 2.90. The Balaban J connectivity index is 1.54. The minimum atomic E-state index is -2.75. The first-order chi connectivity index (χ1) is 19.7. The van der Waals surface area contributed by atoms with Crippen LogP contribution in [-0.2, 0) is 30.4 Å². The molecule has 1 heterocycles. The predicted octanol–water partition coefficient (Wildman–Crippen LogP) is -0.956. The molecule has 1 aromatic carbocycles. The number of aliphatic hydroxyl groups is 1. The van der Waals surface area contributed by atoms with Gasteiger partial charge in [0.25, 0.3) is 0 Å². The fourth-order valence-electron chi connectivity index (χ4n) is 7.42. The number of nitrogens with zero attached hydrogens (tertiary/aromatic N) is 3. The van der Waals surface area contributed by atoms with Gasteiger partial charge in [-0.25, -0.2) is 0 Å². The molecule has 3 aliphatic carbocycles. The van der Waals surface area contributed by atoms with Crippen molar-refractivity contribution in [3.8, 4) is 5.75 Å². The minimum Gasteiger partial charge on any atom is -0.507 e. The van der Waals surface area contributed by atoms with E-state index in [1.165, 1.54) is 11.0 Å². The van der Waals surface area contributed by atoms with Crippen LogP contribution in [0.4, 0.5) is 0 Å². The number of benzene rings is 1. The van der Waals surface area contributed by atoms with Gasteiger partial charge in [0.05, 0.1) is 24.1 Å². The highest BCUT2D eigenvalue weighted by Crippen LogP contribution is 2.51. The molecule has 42 heavy (non-hydrogen) atoms. The van der Waals surface area contributed by atoms with Crippen LogP contribution in [0.5, 0.6) is 5.75 Å². The number of fused-ring (bicyclic) bond motifs is 3. The summed E-state index contributed by atoms with van der Waals surface area (Å²) >= 11 is 0. The van der Waals surface area contributed by atoms with Gasteiger partial charge in [-0.3, -0.25) is 33.7 Å². The van der Waals surface area contributed by atoms with Gasteiger partial charge < -0.3 is 25.7 Å². The summed E-state index contributed by atoms with van der Waals surface area (Å²) in [4.78, 5) is 84.2. The van der Waals surface area contributed by atoms with E-state index in [1.54, 1.807) is 30.0 Å². The molecule has 0 spiro atoms. The van der Waals surface area contributed by atoms with Crippen LogP contribution in [0, 0.1) is 23.7 Å². The Kier molecular flexibility index (Phi) is 7.45. The van der Waals surface area contributed by atoms with E-state index >= 15 is 0 Å². The topological polar surface area (TPSA) is 179 Å². The second kappa shape index (κ2) is 10.5. The summed E-state index contributed by atoms with van der Waals surface area (Å²) in [6.07, 6.45) is 2.64. The van der Waals surface area contributed by atoms with Crippen molar-refractivity contribution in [3.63, 3.8) is 0 Å². The molecule has 0 radical (unpaired) electrons. The summed E-state index contributed by atoms with van der Waals surface area (Å²) in [5.41, 5.74) is 4.77. The Bertz CT molecular complexity index is 1450. The zero-order valence-corrected chi connectivity index (χ0v) is 24.1. The van der Waals surface area contributed by atoms with Gasteiger partial charge in [0.1, 0.15) is 5.75 Å². The summed E-state index contributed by atoms with van der Waals surface area (Å²) in [6.45, 7) is 1.16. The molecule has 2 fully saturated rings. The number of aromatic hydroxyl groups is 1. The van der Waals surface area contributed by atoms with Crippen LogP contribution in [0.15, 0.2) is 18.2 Å². The fourth-order valence-corrected chi connectivity index (χ4v) is 7.42. The zero-order chi connectivity index (χ0) is 30.8. The monoisotopic (exact) mass is 580 g/mol. The molecular formula is C30H36N4O8. The van der Waals surface area contributed by atoms with Crippen molar-refractivity contribution in [2.24, 2.45) is 29.4 Å². The fraction of sp³-hybridized carbons (Fsp3) is 0.533. The lowest BCUT2D eigenvalue weighted by Crippen LogP contribution is -2.74. The number of likely N-dealkylation sites (N-methyl/N-ethyl adjacent to an activating group) is 2. The molecule has 0 bridgehead atoms. The highest BCUT2D eigenvalue weighted by atomic mass is 16.3. The van der Waals surface area contributed by atoms with Gasteiger partial charge in [0.2, 0.25) is 11.8 Å². The van der Waals surface area contributed by atoms with E-state index in [-0.39, 0.29) is 36.6 Å². The lowest BCUT2D eigenvalue weighted by molar-refractivity contribution is -0.181. The van der Waals surface area contributed by atoms with E-state index in [4.69, 9.17) is 5.73 Å². The number of hydrogen-bond donors (Lipinski definition) is 3. The van der Waals surface area contributed by atoms with Crippen LogP contribution in [-0.4, -0.2) is 119 Å². The number of hydrogen-bond acceptors (Lipinski definition) is 10. The second-order valence-corrected chi connectivity index (χ2v) is 12.3. The van der Waals surface area contributed by atoms with E-state index in [0.717, 1.165) is 11.1 Å². The quantitative estimate of drug-likeness (QED) is 0.368. The first kappa shape index (κ1) is 29.7. The molecule has 2 saturated carbocycles. The molecule has 6 atom stereocenters. The molecule has 0 aromatic heterocycles. The highest BCUT2D eigenvalue weighted by Gasteiger charge is 2.69. The molecule has 224 valence electrons. The third-order valence-electron chi connectivity index (χ3n) is 9.30. The average molecular weight is 581 g/mol. The maximum Gasteiger partial charge on any atom is 0.237 e. The summed E-state index contributed by atoms with van der Waals surface area (Å²) in [5, 5.41) is 22.5. The Morgan fingerprint density at radius 2 is 1.79 bits per heavy atom. The second-order valence-electron chi connectivity index (χ2n) is 12.3. The number of rotatable bonds is 5. The first-order valence-corrected chi connectivity index (χ1v) is 14.0. The van der Waals surface area contributed by atoms with E-state index in [0.29, 0.717) is 25.1 Å². The van der Waals surface area contributed by atoms with Crippen LogP contribution in [0.2, 0.25) is 0 Å². The number of phenolic OH excluding ortho intramolecular Hbond substituents is 1. The number of phenols is 1. The molecule has 1 aromatic rings. The van der Waals surface area contributed by atoms with Crippen molar-refractivity contribution in [1.82, 2.24) is 14.7 Å². The molecule has 2 amide bonds. The molecule has 4 N–H and O–H groups in total. The van der Waals surface area contributed by atoms with Crippen molar-refractivity contribution >= 4 is 40.5 Å². The van der Waals surface area contributed by atoms with E-state index < -0.39 is 64.4 Å². The van der Waals surface area contributed by atoms with Crippen molar-refractivity contribution in [1.29, 1.82) is 0 Å². The summed E-state index contributed by atoms with van der Waals surface area (Å²) in [6, 6.07) is 1.96. The van der Waals surface area contributed by atoms with Crippen LogP contribution in [0.3, 0.4) is 0 Å². The van der Waals surface area contributed by atoms with Crippen LogP contribution in [0.25, 0.3) is 5.57 Å². The van der Waals surface area contributed by atoms with Crippen LogP contribution >= 0.6 is 0 Å². The maximum absolute atomic E-state index is 14.0. The maximum atomic E-state index is 14.0. The van der Waals surface area contributed by atoms with Crippen LogP contribution in [0.1, 0.15) is 34.3 Å². The van der Waals surface area contributed by atoms with Crippen LogP contribution < -0.4 is 5.73 Å². The number of amides is 2. The number of Topliss-reactive ketones (excluding diaryl/α,β-unsaturated/α-hetero) is 4. The number of carbonyl (C=O) groups is 6. The lowest BCUT2D eigenvalue weighted by atomic mass is 9.52. The summed E-state index contributed by atoms with van der Waals surface area (Å²) < 4.78 is 0. The Hall–Kier alpha value is -3.74. The SMILES string of the molecule is CN(C)CC(=O)N1CC=C(c2ccc(O)c3c2C[C@H]2C[C@H]4[C@@H](N(C)C)C(=O)C(C(N)=O)C(=O)[C@@]4(O)C(=O)C2C3=O)CC1. The summed E-state index contributed by atoms with van der Waals surface area (Å²) in [7, 11) is 6.74. The molecule has 5 rings (SSSR count). The molecular weight excluding hydrogens is 544 g/mol. The predicted molar refractivity (Wildman–Crippen MR) is 149 cm³/mol.